The molecular weight excluding hydrogens is 248 g/mol. The van der Waals surface area contributed by atoms with E-state index in [-0.39, 0.29) is 5.91 Å². The van der Waals surface area contributed by atoms with Gasteiger partial charge in [-0.15, -0.1) is 11.8 Å². The Hall–Kier alpha value is -0.680. The zero-order valence-electron chi connectivity index (χ0n) is 11.3. The van der Waals surface area contributed by atoms with E-state index < -0.39 is 5.60 Å². The molecule has 5 heteroatoms. The number of nitrogens with zero attached hydrogens (tertiary/aromatic N) is 2. The molecule has 0 aromatic carbocycles. The molecular formula is C13H22N2O2S. The van der Waals surface area contributed by atoms with Crippen molar-refractivity contribution >= 4 is 17.7 Å². The van der Waals surface area contributed by atoms with Gasteiger partial charge in [-0.05, 0) is 33.6 Å². The van der Waals surface area contributed by atoms with Gasteiger partial charge in [-0.3, -0.25) is 4.79 Å². The molecule has 1 unspecified atom stereocenters. The molecule has 102 valence electrons. The highest BCUT2D eigenvalue weighted by atomic mass is 32.2. The van der Waals surface area contributed by atoms with Crippen molar-refractivity contribution in [1.29, 1.82) is 0 Å². The van der Waals surface area contributed by atoms with Crippen LogP contribution in [0.3, 0.4) is 0 Å². The summed E-state index contributed by atoms with van der Waals surface area (Å²) < 4.78 is 0. The summed E-state index contributed by atoms with van der Waals surface area (Å²) in [6, 6.07) is 0.341. The molecule has 2 heterocycles. The second kappa shape index (κ2) is 5.13. The van der Waals surface area contributed by atoms with Gasteiger partial charge in [-0.2, -0.15) is 0 Å². The van der Waals surface area contributed by atoms with Crippen LogP contribution in [0, 0.1) is 0 Å². The summed E-state index contributed by atoms with van der Waals surface area (Å²) in [5.41, 5.74) is -0.0307. The van der Waals surface area contributed by atoms with Crippen molar-refractivity contribution in [2.45, 2.75) is 45.3 Å². The molecule has 1 N–H and O–H groups in total. The normalized spacial score (nSPS) is 24.7. The Bertz CT molecular complexity index is 362. The van der Waals surface area contributed by atoms with Crippen LogP contribution in [0.25, 0.3) is 0 Å². The van der Waals surface area contributed by atoms with Crippen molar-refractivity contribution in [3.05, 3.63) is 11.1 Å². The van der Waals surface area contributed by atoms with Gasteiger partial charge in [-0.1, -0.05) is 0 Å². The third-order valence-corrected chi connectivity index (χ3v) is 4.23. The zero-order chi connectivity index (χ0) is 13.3. The first-order valence-electron chi connectivity index (χ1n) is 6.48. The standard InChI is InChI=1S/C13H22N2O2S/c1-10-5-4-6-15(10)12(16)11-7-18-9-14(11)8-13(2,3)17/h7,10,17H,4-6,8-9H2,1-3H3. The minimum atomic E-state index is -0.777. The smallest absolute Gasteiger partial charge is 0.270 e. The van der Waals surface area contributed by atoms with Crippen LogP contribution in [0.15, 0.2) is 11.1 Å². The van der Waals surface area contributed by atoms with Gasteiger partial charge < -0.3 is 14.9 Å². The molecule has 1 atom stereocenters. The van der Waals surface area contributed by atoms with Gasteiger partial charge in [0.05, 0.1) is 11.5 Å². The van der Waals surface area contributed by atoms with E-state index >= 15 is 0 Å². The minimum Gasteiger partial charge on any atom is -0.389 e. The summed E-state index contributed by atoms with van der Waals surface area (Å²) in [5, 5.41) is 11.8. The number of carbonyl (C=O) groups is 1. The number of rotatable bonds is 3. The van der Waals surface area contributed by atoms with Gasteiger partial charge in [0.15, 0.2) is 0 Å². The fourth-order valence-corrected chi connectivity index (χ4v) is 3.41. The predicted molar refractivity (Wildman–Crippen MR) is 74.0 cm³/mol. The van der Waals surface area contributed by atoms with E-state index in [1.165, 1.54) is 0 Å². The summed E-state index contributed by atoms with van der Waals surface area (Å²) in [6.07, 6.45) is 2.19. The van der Waals surface area contributed by atoms with Crippen LogP contribution in [-0.2, 0) is 4.79 Å². The van der Waals surface area contributed by atoms with E-state index in [0.29, 0.717) is 12.6 Å². The summed E-state index contributed by atoms with van der Waals surface area (Å²) >= 11 is 1.62. The van der Waals surface area contributed by atoms with Gasteiger partial charge in [-0.25, -0.2) is 0 Å². The molecule has 0 bridgehead atoms. The number of aliphatic hydroxyl groups is 1. The number of thioether (sulfide) groups is 1. The fourth-order valence-electron chi connectivity index (χ4n) is 2.52. The van der Waals surface area contributed by atoms with Gasteiger partial charge >= 0.3 is 0 Å². The maximum atomic E-state index is 12.5. The van der Waals surface area contributed by atoms with Crippen LogP contribution < -0.4 is 0 Å². The molecule has 0 aromatic rings. The van der Waals surface area contributed by atoms with Gasteiger partial charge in [0.25, 0.3) is 5.91 Å². The maximum absolute atomic E-state index is 12.5. The highest BCUT2D eigenvalue weighted by Gasteiger charge is 2.33. The lowest BCUT2D eigenvalue weighted by atomic mass is 10.1. The quantitative estimate of drug-likeness (QED) is 0.846. The van der Waals surface area contributed by atoms with Gasteiger partial charge in [0, 0.05) is 24.5 Å². The number of carbonyl (C=O) groups excluding carboxylic acids is 1. The SMILES string of the molecule is CC1CCCN1C(=O)C1=CSCN1CC(C)(C)O. The molecule has 1 fully saturated rings. The number of β-amino-alcohol motifs (C(OH)–C–C–N with tert-alkyl or cyclic N) is 1. The summed E-state index contributed by atoms with van der Waals surface area (Å²) in [4.78, 5) is 16.4. The second-order valence-corrected chi connectivity index (χ2v) is 6.63. The van der Waals surface area contributed by atoms with Crippen LogP contribution in [-0.4, -0.2) is 51.4 Å². The molecule has 1 amide bonds. The molecule has 0 spiro atoms. The van der Waals surface area contributed by atoms with E-state index in [9.17, 15) is 9.90 Å². The van der Waals surface area contributed by atoms with E-state index in [2.05, 4.69) is 6.92 Å². The molecule has 0 saturated carbocycles. The Labute approximate surface area is 113 Å². The average molecular weight is 270 g/mol. The molecule has 2 aliphatic heterocycles. The molecule has 0 radical (unpaired) electrons. The average Bonchev–Trinajstić information content (AvgIpc) is 2.84. The maximum Gasteiger partial charge on any atom is 0.270 e. The summed E-state index contributed by atoms with van der Waals surface area (Å²) in [7, 11) is 0. The van der Waals surface area contributed by atoms with Crippen LogP contribution in [0.5, 0.6) is 0 Å². The van der Waals surface area contributed by atoms with Crippen molar-refractivity contribution in [2.75, 3.05) is 19.0 Å². The predicted octanol–water partition coefficient (Wildman–Crippen LogP) is 1.62. The first-order chi connectivity index (χ1) is 8.38. The van der Waals surface area contributed by atoms with Gasteiger partial charge in [0.2, 0.25) is 0 Å². The fraction of sp³-hybridized carbons (Fsp3) is 0.769. The van der Waals surface area contributed by atoms with E-state index in [1.807, 2.05) is 15.2 Å². The molecule has 0 aromatic heterocycles. The Balaban J connectivity index is 2.05. The first-order valence-corrected chi connectivity index (χ1v) is 7.53. The Morgan fingerprint density at radius 3 is 2.89 bits per heavy atom. The molecule has 2 rings (SSSR count). The third-order valence-electron chi connectivity index (χ3n) is 3.38. The second-order valence-electron chi connectivity index (χ2n) is 5.80. The van der Waals surface area contributed by atoms with Crippen molar-refractivity contribution in [2.24, 2.45) is 0 Å². The first kappa shape index (κ1) is 13.7. The van der Waals surface area contributed by atoms with E-state index in [0.717, 1.165) is 31.0 Å². The van der Waals surface area contributed by atoms with E-state index in [4.69, 9.17) is 0 Å². The van der Waals surface area contributed by atoms with Crippen LogP contribution in [0.4, 0.5) is 0 Å². The highest BCUT2D eigenvalue weighted by Crippen LogP contribution is 2.28. The minimum absolute atomic E-state index is 0.120. The molecule has 2 aliphatic rings. The molecule has 1 saturated heterocycles. The monoisotopic (exact) mass is 270 g/mol. The lowest BCUT2D eigenvalue weighted by Crippen LogP contribution is -2.43. The third kappa shape index (κ3) is 3.01. The number of amides is 1. The molecule has 0 aliphatic carbocycles. The Morgan fingerprint density at radius 1 is 1.61 bits per heavy atom. The lowest BCUT2D eigenvalue weighted by molar-refractivity contribution is -0.129. The Kier molecular flexibility index (Phi) is 3.92. The summed E-state index contributed by atoms with van der Waals surface area (Å²) in [5.74, 6) is 0.877. The number of likely N-dealkylation sites (tertiary alicyclic amines) is 1. The van der Waals surface area contributed by atoms with Crippen LogP contribution >= 0.6 is 11.8 Å². The highest BCUT2D eigenvalue weighted by molar-refractivity contribution is 8.02. The van der Waals surface area contributed by atoms with Crippen molar-refractivity contribution in [3.63, 3.8) is 0 Å². The van der Waals surface area contributed by atoms with Crippen molar-refractivity contribution in [3.8, 4) is 0 Å². The van der Waals surface area contributed by atoms with Crippen LogP contribution in [0.2, 0.25) is 0 Å². The van der Waals surface area contributed by atoms with Gasteiger partial charge in [0.1, 0.15) is 5.70 Å². The molecule has 18 heavy (non-hydrogen) atoms. The lowest BCUT2D eigenvalue weighted by Gasteiger charge is -2.31. The van der Waals surface area contributed by atoms with E-state index in [1.54, 1.807) is 25.6 Å². The van der Waals surface area contributed by atoms with Crippen LogP contribution in [0.1, 0.15) is 33.6 Å². The summed E-state index contributed by atoms with van der Waals surface area (Å²) in [6.45, 7) is 7.01. The van der Waals surface area contributed by atoms with Crippen molar-refractivity contribution < 1.29 is 9.90 Å². The topological polar surface area (TPSA) is 43.8 Å². The number of hydrogen-bond donors (Lipinski definition) is 1. The largest absolute Gasteiger partial charge is 0.389 e. The Morgan fingerprint density at radius 2 is 2.33 bits per heavy atom. The zero-order valence-corrected chi connectivity index (χ0v) is 12.2. The van der Waals surface area contributed by atoms with Crippen molar-refractivity contribution in [1.82, 2.24) is 9.80 Å². The molecule has 4 nitrogen and oxygen atoms in total. The number of hydrogen-bond acceptors (Lipinski definition) is 4.